The van der Waals surface area contributed by atoms with Crippen molar-refractivity contribution in [2.75, 3.05) is 12.4 Å². The summed E-state index contributed by atoms with van der Waals surface area (Å²) >= 11 is 7.76. The van der Waals surface area contributed by atoms with E-state index in [2.05, 4.69) is 15.6 Å². The van der Waals surface area contributed by atoms with Gasteiger partial charge in [0.15, 0.2) is 5.82 Å². The number of halogens is 3. The minimum absolute atomic E-state index is 0.0379. The number of aromatic nitrogens is 1. The van der Waals surface area contributed by atoms with Crippen LogP contribution in [0, 0.1) is 9.39 Å². The van der Waals surface area contributed by atoms with Gasteiger partial charge < -0.3 is 5.32 Å². The normalized spacial score (nSPS) is 10.4. The third-order valence-electron chi connectivity index (χ3n) is 2.33. The highest BCUT2D eigenvalue weighted by Gasteiger charge is 2.11. The van der Waals surface area contributed by atoms with Gasteiger partial charge in [-0.1, -0.05) is 11.6 Å². The van der Waals surface area contributed by atoms with Crippen molar-refractivity contribution in [1.29, 1.82) is 0 Å². The van der Waals surface area contributed by atoms with Crippen molar-refractivity contribution in [2.45, 2.75) is 0 Å². The number of pyridine rings is 1. The molecule has 18 heavy (non-hydrogen) atoms. The van der Waals surface area contributed by atoms with Gasteiger partial charge >= 0.3 is 6.03 Å². The van der Waals surface area contributed by atoms with Crippen LogP contribution >= 0.6 is 34.2 Å². The summed E-state index contributed by atoms with van der Waals surface area (Å²) in [4.78, 5) is 15.2. The first-order chi connectivity index (χ1) is 8.52. The van der Waals surface area contributed by atoms with Crippen molar-refractivity contribution >= 4 is 56.8 Å². The summed E-state index contributed by atoms with van der Waals surface area (Å²) in [7, 11) is 1.51. The topological polar surface area (TPSA) is 54.0 Å². The fourth-order valence-electron chi connectivity index (χ4n) is 1.44. The summed E-state index contributed by atoms with van der Waals surface area (Å²) in [5.74, 6) is -0.0844. The van der Waals surface area contributed by atoms with Crippen LogP contribution in [0.15, 0.2) is 18.3 Å². The standard InChI is InChI=1S/C11H8ClFIN3O/c1-15-11(18)17-8-3-5-2-7(14)10(13)9(12)6(5)4-16-8/h2-4H,1H3,(H2,15,16,17,18). The van der Waals surface area contributed by atoms with Gasteiger partial charge in [-0.2, -0.15) is 0 Å². The lowest BCUT2D eigenvalue weighted by Crippen LogP contribution is -2.24. The van der Waals surface area contributed by atoms with Crippen molar-refractivity contribution in [2.24, 2.45) is 0 Å². The molecule has 2 amide bonds. The molecule has 2 N–H and O–H groups in total. The molecule has 0 aliphatic carbocycles. The summed E-state index contributed by atoms with van der Waals surface area (Å²) in [6.07, 6.45) is 1.43. The van der Waals surface area contributed by atoms with Gasteiger partial charge in [0, 0.05) is 18.6 Å². The van der Waals surface area contributed by atoms with Crippen LogP contribution in [0.25, 0.3) is 10.8 Å². The summed E-state index contributed by atoms with van der Waals surface area (Å²) in [5, 5.41) is 6.22. The minimum Gasteiger partial charge on any atom is -0.341 e. The van der Waals surface area contributed by atoms with E-state index in [0.717, 1.165) is 0 Å². The molecular weight excluding hydrogens is 371 g/mol. The average Bonchev–Trinajstić information content (AvgIpc) is 2.35. The number of carbonyl (C=O) groups excluding carboxylic acids is 1. The van der Waals surface area contributed by atoms with Crippen LogP contribution in [0.2, 0.25) is 5.02 Å². The van der Waals surface area contributed by atoms with Crippen molar-refractivity contribution in [1.82, 2.24) is 10.3 Å². The van der Waals surface area contributed by atoms with Crippen LogP contribution in [-0.4, -0.2) is 18.1 Å². The Kier molecular flexibility index (Phi) is 3.86. The number of benzene rings is 1. The molecule has 2 rings (SSSR count). The molecule has 0 atom stereocenters. The number of rotatable bonds is 1. The molecule has 0 bridgehead atoms. The van der Waals surface area contributed by atoms with Crippen LogP contribution in [0.1, 0.15) is 0 Å². The molecule has 0 radical (unpaired) electrons. The maximum absolute atomic E-state index is 13.6. The lowest BCUT2D eigenvalue weighted by Gasteiger charge is -2.07. The fraction of sp³-hybridized carbons (Fsp3) is 0.0909. The number of urea groups is 1. The monoisotopic (exact) mass is 379 g/mol. The number of nitrogens with zero attached hydrogens (tertiary/aromatic N) is 1. The lowest BCUT2D eigenvalue weighted by molar-refractivity contribution is 0.254. The Morgan fingerprint density at radius 3 is 2.89 bits per heavy atom. The van der Waals surface area contributed by atoms with Gasteiger partial charge in [0.05, 0.1) is 8.59 Å². The average molecular weight is 380 g/mol. The van der Waals surface area contributed by atoms with E-state index in [1.807, 2.05) is 22.6 Å². The van der Waals surface area contributed by atoms with Crippen molar-refractivity contribution in [3.8, 4) is 0 Å². The largest absolute Gasteiger partial charge is 0.341 e. The number of nitrogens with one attached hydrogen (secondary N) is 2. The number of carbonyl (C=O) groups is 1. The van der Waals surface area contributed by atoms with Crippen LogP contribution < -0.4 is 10.6 Å². The van der Waals surface area contributed by atoms with Gasteiger partial charge in [-0.3, -0.25) is 5.32 Å². The molecule has 0 saturated carbocycles. The van der Waals surface area contributed by atoms with E-state index >= 15 is 0 Å². The second-order valence-electron chi connectivity index (χ2n) is 3.48. The van der Waals surface area contributed by atoms with Crippen LogP contribution in [0.4, 0.5) is 15.0 Å². The Morgan fingerprint density at radius 1 is 1.50 bits per heavy atom. The quantitative estimate of drug-likeness (QED) is 0.589. The van der Waals surface area contributed by atoms with Gasteiger partial charge in [0.25, 0.3) is 0 Å². The minimum atomic E-state index is -0.460. The number of hydrogen-bond donors (Lipinski definition) is 2. The van der Waals surface area contributed by atoms with Crippen LogP contribution in [-0.2, 0) is 0 Å². The van der Waals surface area contributed by atoms with Crippen molar-refractivity contribution in [3.63, 3.8) is 0 Å². The third-order valence-corrected chi connectivity index (χ3v) is 3.48. The second-order valence-corrected chi connectivity index (χ2v) is 5.02. The summed E-state index contributed by atoms with van der Waals surface area (Å²) in [5.41, 5.74) is 0. The molecule has 0 aliphatic rings. The molecule has 1 heterocycles. The third kappa shape index (κ3) is 2.49. The Bertz CT molecular complexity index is 635. The van der Waals surface area contributed by atoms with E-state index in [9.17, 15) is 9.18 Å². The molecule has 0 spiro atoms. The smallest absolute Gasteiger partial charge is 0.320 e. The Hall–Kier alpha value is -1.15. The van der Waals surface area contributed by atoms with Gasteiger partial charge in [-0.05, 0) is 40.1 Å². The predicted molar refractivity (Wildman–Crippen MR) is 77.5 cm³/mol. The van der Waals surface area contributed by atoms with Gasteiger partial charge in [-0.25, -0.2) is 14.2 Å². The zero-order valence-electron chi connectivity index (χ0n) is 9.22. The van der Waals surface area contributed by atoms with E-state index < -0.39 is 5.82 Å². The van der Waals surface area contributed by atoms with Crippen LogP contribution in [0.5, 0.6) is 0 Å². The van der Waals surface area contributed by atoms with E-state index in [1.165, 1.54) is 13.2 Å². The molecule has 7 heteroatoms. The number of amides is 2. The maximum Gasteiger partial charge on any atom is 0.320 e. The lowest BCUT2D eigenvalue weighted by atomic mass is 10.1. The van der Waals surface area contributed by atoms with Gasteiger partial charge in [-0.15, -0.1) is 0 Å². The summed E-state index contributed by atoms with van der Waals surface area (Å²) < 4.78 is 14.0. The van der Waals surface area contributed by atoms with E-state index in [-0.39, 0.29) is 11.1 Å². The second kappa shape index (κ2) is 5.23. The van der Waals surface area contributed by atoms with E-state index in [0.29, 0.717) is 20.2 Å². The zero-order chi connectivity index (χ0) is 13.3. The first-order valence-corrected chi connectivity index (χ1v) is 6.40. The molecule has 1 aromatic carbocycles. The first kappa shape index (κ1) is 13.3. The van der Waals surface area contributed by atoms with Crippen molar-refractivity contribution in [3.05, 3.63) is 32.7 Å². The van der Waals surface area contributed by atoms with Crippen molar-refractivity contribution < 1.29 is 9.18 Å². The predicted octanol–water partition coefficient (Wildman–Crippen LogP) is 3.38. The first-order valence-electron chi connectivity index (χ1n) is 4.95. The Labute approximate surface area is 121 Å². The Morgan fingerprint density at radius 2 is 2.22 bits per heavy atom. The number of hydrogen-bond acceptors (Lipinski definition) is 2. The molecule has 0 fully saturated rings. The van der Waals surface area contributed by atoms with Gasteiger partial charge in [0.1, 0.15) is 5.82 Å². The summed E-state index contributed by atoms with van der Waals surface area (Å²) in [6, 6.07) is 2.91. The SMILES string of the molecule is CNC(=O)Nc1cc2cc(I)c(F)c(Cl)c2cn1. The highest BCUT2D eigenvalue weighted by molar-refractivity contribution is 14.1. The zero-order valence-corrected chi connectivity index (χ0v) is 12.1. The van der Waals surface area contributed by atoms with E-state index in [1.54, 1.807) is 12.1 Å². The molecule has 0 saturated heterocycles. The molecular formula is C11H8ClFIN3O. The maximum atomic E-state index is 13.6. The molecule has 0 aliphatic heterocycles. The molecule has 94 valence electrons. The fourth-order valence-corrected chi connectivity index (χ4v) is 2.47. The molecule has 2 aromatic rings. The van der Waals surface area contributed by atoms with Gasteiger partial charge in [0.2, 0.25) is 0 Å². The summed E-state index contributed by atoms with van der Waals surface area (Å²) in [6.45, 7) is 0. The van der Waals surface area contributed by atoms with Crippen LogP contribution in [0.3, 0.4) is 0 Å². The van der Waals surface area contributed by atoms with E-state index in [4.69, 9.17) is 11.6 Å². The molecule has 1 aromatic heterocycles. The molecule has 4 nitrogen and oxygen atoms in total. The molecule has 0 unspecified atom stereocenters. The Balaban J connectivity index is 2.52. The highest BCUT2D eigenvalue weighted by atomic mass is 127. The number of fused-ring (bicyclic) bond motifs is 1. The highest BCUT2D eigenvalue weighted by Crippen LogP contribution is 2.30. The number of anilines is 1.